The van der Waals surface area contributed by atoms with E-state index in [-0.39, 0.29) is 5.91 Å². The molecule has 5 heteroatoms. The number of piperazine rings is 1. The maximum absolute atomic E-state index is 12.1. The first-order valence-electron chi connectivity index (χ1n) is 7.33. The SMILES string of the molecule is Nc1ccccc1NC(=O)CN1CCN2CCCC2C1. The topological polar surface area (TPSA) is 61.6 Å². The Bertz CT molecular complexity index is 491. The Hall–Kier alpha value is -1.59. The van der Waals surface area contributed by atoms with E-state index in [9.17, 15) is 4.79 Å². The van der Waals surface area contributed by atoms with Crippen molar-refractivity contribution in [2.45, 2.75) is 18.9 Å². The summed E-state index contributed by atoms with van der Waals surface area (Å²) in [6, 6.07) is 8.03. The number of nitrogens with one attached hydrogen (secondary N) is 1. The van der Waals surface area contributed by atoms with E-state index in [4.69, 9.17) is 5.73 Å². The summed E-state index contributed by atoms with van der Waals surface area (Å²) in [6.45, 7) is 4.77. The Balaban J connectivity index is 1.53. The number of nitrogens with two attached hydrogens (primary N) is 1. The van der Waals surface area contributed by atoms with Gasteiger partial charge >= 0.3 is 0 Å². The van der Waals surface area contributed by atoms with Crippen molar-refractivity contribution >= 4 is 17.3 Å². The van der Waals surface area contributed by atoms with Crippen LogP contribution >= 0.6 is 0 Å². The fourth-order valence-electron chi connectivity index (χ4n) is 3.20. The number of hydrogen-bond acceptors (Lipinski definition) is 4. The van der Waals surface area contributed by atoms with E-state index < -0.39 is 0 Å². The van der Waals surface area contributed by atoms with Gasteiger partial charge in [-0.1, -0.05) is 12.1 Å². The summed E-state index contributed by atoms with van der Waals surface area (Å²) < 4.78 is 0. The molecule has 3 N–H and O–H groups in total. The Labute approximate surface area is 119 Å². The Kier molecular flexibility index (Phi) is 3.89. The first-order valence-corrected chi connectivity index (χ1v) is 7.33. The minimum atomic E-state index is 0.0225. The van der Waals surface area contributed by atoms with Crippen LogP contribution in [0.15, 0.2) is 24.3 Å². The van der Waals surface area contributed by atoms with Gasteiger partial charge in [0.05, 0.1) is 17.9 Å². The number of amides is 1. The molecule has 1 aromatic rings. The number of nitrogen functional groups attached to an aromatic ring is 1. The molecular weight excluding hydrogens is 252 g/mol. The Morgan fingerprint density at radius 1 is 1.30 bits per heavy atom. The number of fused-ring (bicyclic) bond motifs is 1. The van der Waals surface area contributed by atoms with Crippen LogP contribution in [0.2, 0.25) is 0 Å². The molecule has 20 heavy (non-hydrogen) atoms. The molecule has 2 heterocycles. The number of nitrogens with zero attached hydrogens (tertiary/aromatic N) is 2. The molecule has 2 aliphatic rings. The maximum Gasteiger partial charge on any atom is 0.238 e. The van der Waals surface area contributed by atoms with Gasteiger partial charge in [-0.25, -0.2) is 0 Å². The van der Waals surface area contributed by atoms with Crippen molar-refractivity contribution in [3.05, 3.63) is 24.3 Å². The lowest BCUT2D eigenvalue weighted by molar-refractivity contribution is -0.117. The van der Waals surface area contributed by atoms with Crippen LogP contribution in [0.3, 0.4) is 0 Å². The van der Waals surface area contributed by atoms with E-state index in [1.807, 2.05) is 18.2 Å². The number of para-hydroxylation sites is 2. The molecule has 1 unspecified atom stereocenters. The summed E-state index contributed by atoms with van der Waals surface area (Å²) in [7, 11) is 0. The summed E-state index contributed by atoms with van der Waals surface area (Å²) in [5.74, 6) is 0.0225. The molecule has 3 rings (SSSR count). The van der Waals surface area contributed by atoms with Crippen molar-refractivity contribution in [1.29, 1.82) is 0 Å². The minimum Gasteiger partial charge on any atom is -0.397 e. The summed E-state index contributed by atoms with van der Waals surface area (Å²) in [5, 5.41) is 2.90. The Morgan fingerprint density at radius 3 is 3.00 bits per heavy atom. The van der Waals surface area contributed by atoms with Gasteiger partial charge in [0.2, 0.25) is 5.91 Å². The average Bonchev–Trinajstić information content (AvgIpc) is 2.89. The highest BCUT2D eigenvalue weighted by atomic mass is 16.2. The van der Waals surface area contributed by atoms with Crippen molar-refractivity contribution in [1.82, 2.24) is 9.80 Å². The van der Waals surface area contributed by atoms with Crippen molar-refractivity contribution in [3.63, 3.8) is 0 Å². The highest BCUT2D eigenvalue weighted by Gasteiger charge is 2.30. The minimum absolute atomic E-state index is 0.0225. The van der Waals surface area contributed by atoms with Crippen LogP contribution in [0.25, 0.3) is 0 Å². The number of carbonyl (C=O) groups is 1. The van der Waals surface area contributed by atoms with E-state index in [2.05, 4.69) is 15.1 Å². The van der Waals surface area contributed by atoms with Crippen LogP contribution in [-0.2, 0) is 4.79 Å². The Morgan fingerprint density at radius 2 is 2.15 bits per heavy atom. The molecule has 0 aliphatic carbocycles. The molecule has 1 amide bonds. The standard InChI is InChI=1S/C15H22N4O/c16-13-5-1-2-6-14(13)17-15(20)11-18-8-9-19-7-3-4-12(19)10-18/h1-2,5-6,12H,3-4,7-11,16H2,(H,17,20). The molecule has 1 atom stereocenters. The summed E-state index contributed by atoms with van der Waals surface area (Å²) in [5.41, 5.74) is 7.16. The van der Waals surface area contributed by atoms with E-state index in [0.717, 1.165) is 19.6 Å². The van der Waals surface area contributed by atoms with Crippen LogP contribution < -0.4 is 11.1 Å². The number of hydrogen-bond donors (Lipinski definition) is 2. The molecule has 0 saturated carbocycles. The van der Waals surface area contributed by atoms with Gasteiger partial charge < -0.3 is 11.1 Å². The van der Waals surface area contributed by atoms with Gasteiger partial charge in [0.1, 0.15) is 0 Å². The third kappa shape index (κ3) is 2.94. The highest BCUT2D eigenvalue weighted by Crippen LogP contribution is 2.21. The third-order valence-electron chi connectivity index (χ3n) is 4.27. The monoisotopic (exact) mass is 274 g/mol. The van der Waals surface area contributed by atoms with Crippen LogP contribution in [0.4, 0.5) is 11.4 Å². The molecule has 5 nitrogen and oxygen atoms in total. The fraction of sp³-hybridized carbons (Fsp3) is 0.533. The molecule has 0 spiro atoms. The normalized spacial score (nSPS) is 23.5. The fourth-order valence-corrected chi connectivity index (χ4v) is 3.20. The van der Waals surface area contributed by atoms with Crippen LogP contribution in [0.1, 0.15) is 12.8 Å². The smallest absolute Gasteiger partial charge is 0.238 e. The molecule has 0 bridgehead atoms. The van der Waals surface area contributed by atoms with Crippen molar-refractivity contribution in [2.24, 2.45) is 0 Å². The zero-order valence-electron chi connectivity index (χ0n) is 11.7. The van der Waals surface area contributed by atoms with Gasteiger partial charge in [0.15, 0.2) is 0 Å². The highest BCUT2D eigenvalue weighted by molar-refractivity contribution is 5.95. The van der Waals surface area contributed by atoms with Crippen LogP contribution in [-0.4, -0.2) is 54.5 Å². The first kappa shape index (κ1) is 13.4. The van der Waals surface area contributed by atoms with E-state index >= 15 is 0 Å². The summed E-state index contributed by atoms with van der Waals surface area (Å²) in [6.07, 6.45) is 2.56. The molecule has 2 aliphatic heterocycles. The van der Waals surface area contributed by atoms with Gasteiger partial charge in [-0.15, -0.1) is 0 Å². The first-order chi connectivity index (χ1) is 9.72. The van der Waals surface area contributed by atoms with Crippen molar-refractivity contribution in [2.75, 3.05) is 43.8 Å². The largest absolute Gasteiger partial charge is 0.397 e. The van der Waals surface area contributed by atoms with Gasteiger partial charge in [0.25, 0.3) is 0 Å². The number of anilines is 2. The van der Waals surface area contributed by atoms with Crippen molar-refractivity contribution < 1.29 is 4.79 Å². The molecule has 2 saturated heterocycles. The molecule has 2 fully saturated rings. The lowest BCUT2D eigenvalue weighted by atomic mass is 10.1. The molecule has 0 aromatic heterocycles. The van der Waals surface area contributed by atoms with Crippen LogP contribution in [0, 0.1) is 0 Å². The predicted octanol–water partition coefficient (Wildman–Crippen LogP) is 0.987. The van der Waals surface area contributed by atoms with Gasteiger partial charge in [-0.05, 0) is 31.5 Å². The molecule has 0 radical (unpaired) electrons. The van der Waals surface area contributed by atoms with E-state index in [1.165, 1.54) is 19.4 Å². The van der Waals surface area contributed by atoms with E-state index in [0.29, 0.717) is 24.0 Å². The zero-order chi connectivity index (χ0) is 13.9. The quantitative estimate of drug-likeness (QED) is 0.807. The van der Waals surface area contributed by atoms with Gasteiger partial charge in [0, 0.05) is 25.7 Å². The number of rotatable bonds is 3. The van der Waals surface area contributed by atoms with Crippen molar-refractivity contribution in [3.8, 4) is 0 Å². The second-order valence-corrected chi connectivity index (χ2v) is 5.70. The molecular formula is C15H22N4O. The second kappa shape index (κ2) is 5.81. The second-order valence-electron chi connectivity index (χ2n) is 5.70. The predicted molar refractivity (Wildman–Crippen MR) is 80.5 cm³/mol. The molecule has 108 valence electrons. The lowest BCUT2D eigenvalue weighted by Gasteiger charge is -2.37. The third-order valence-corrected chi connectivity index (χ3v) is 4.27. The lowest BCUT2D eigenvalue weighted by Crippen LogP contribution is -2.51. The van der Waals surface area contributed by atoms with Gasteiger partial charge in [-0.3, -0.25) is 14.6 Å². The number of carbonyl (C=O) groups excluding carboxylic acids is 1. The maximum atomic E-state index is 12.1. The summed E-state index contributed by atoms with van der Waals surface area (Å²) in [4.78, 5) is 16.9. The summed E-state index contributed by atoms with van der Waals surface area (Å²) >= 11 is 0. The zero-order valence-corrected chi connectivity index (χ0v) is 11.7. The van der Waals surface area contributed by atoms with E-state index in [1.54, 1.807) is 6.07 Å². The number of benzene rings is 1. The molecule has 1 aromatic carbocycles. The average molecular weight is 274 g/mol. The van der Waals surface area contributed by atoms with Crippen LogP contribution in [0.5, 0.6) is 0 Å². The van der Waals surface area contributed by atoms with Gasteiger partial charge in [-0.2, -0.15) is 0 Å².